The van der Waals surface area contributed by atoms with Crippen LogP contribution in [-0.4, -0.2) is 25.5 Å². The Morgan fingerprint density at radius 3 is 2.48 bits per heavy atom. The SMILES string of the molecule is CN(C)C(CNCc1ccc(Br)cc1F)c1ccccc1. The minimum atomic E-state index is -0.182. The molecule has 0 aromatic heterocycles. The molecule has 21 heavy (non-hydrogen) atoms. The number of halogens is 2. The van der Waals surface area contributed by atoms with Crippen molar-refractivity contribution in [3.63, 3.8) is 0 Å². The van der Waals surface area contributed by atoms with Crippen LogP contribution in [0.1, 0.15) is 17.2 Å². The summed E-state index contributed by atoms with van der Waals surface area (Å²) in [7, 11) is 4.11. The number of likely N-dealkylation sites (N-methyl/N-ethyl adjacent to an activating group) is 1. The van der Waals surface area contributed by atoms with Gasteiger partial charge in [0.05, 0.1) is 0 Å². The highest BCUT2D eigenvalue weighted by atomic mass is 79.9. The van der Waals surface area contributed by atoms with Gasteiger partial charge in [-0.3, -0.25) is 0 Å². The molecule has 2 nitrogen and oxygen atoms in total. The Morgan fingerprint density at radius 1 is 1.14 bits per heavy atom. The first kappa shape index (κ1) is 16.1. The summed E-state index contributed by atoms with van der Waals surface area (Å²) in [4.78, 5) is 2.17. The largest absolute Gasteiger partial charge is 0.311 e. The predicted octanol–water partition coefficient (Wildman–Crippen LogP) is 3.98. The summed E-state index contributed by atoms with van der Waals surface area (Å²) in [5.41, 5.74) is 1.94. The molecule has 0 amide bonds. The van der Waals surface area contributed by atoms with Gasteiger partial charge >= 0.3 is 0 Å². The second-order valence-electron chi connectivity index (χ2n) is 5.26. The van der Waals surface area contributed by atoms with Gasteiger partial charge in [0.15, 0.2) is 0 Å². The molecule has 112 valence electrons. The van der Waals surface area contributed by atoms with Gasteiger partial charge in [-0.1, -0.05) is 52.3 Å². The van der Waals surface area contributed by atoms with Crippen LogP contribution in [0.4, 0.5) is 4.39 Å². The van der Waals surface area contributed by atoms with Crippen molar-refractivity contribution >= 4 is 15.9 Å². The monoisotopic (exact) mass is 350 g/mol. The van der Waals surface area contributed by atoms with Crippen LogP contribution >= 0.6 is 15.9 Å². The van der Waals surface area contributed by atoms with Crippen LogP contribution in [-0.2, 0) is 6.54 Å². The number of hydrogen-bond acceptors (Lipinski definition) is 2. The first-order valence-electron chi connectivity index (χ1n) is 6.94. The van der Waals surface area contributed by atoms with Crippen LogP contribution in [0, 0.1) is 5.82 Å². The Morgan fingerprint density at radius 2 is 1.86 bits per heavy atom. The highest BCUT2D eigenvalue weighted by molar-refractivity contribution is 9.10. The Kier molecular flexibility index (Phi) is 5.91. The van der Waals surface area contributed by atoms with Crippen molar-refractivity contribution in [1.82, 2.24) is 10.2 Å². The Bertz CT molecular complexity index is 572. The molecule has 0 saturated heterocycles. The number of benzene rings is 2. The zero-order valence-corrected chi connectivity index (χ0v) is 13.9. The van der Waals surface area contributed by atoms with Gasteiger partial charge in [0.2, 0.25) is 0 Å². The molecule has 0 radical (unpaired) electrons. The van der Waals surface area contributed by atoms with Gasteiger partial charge in [0.1, 0.15) is 5.82 Å². The van der Waals surface area contributed by atoms with Crippen LogP contribution in [0.5, 0.6) is 0 Å². The van der Waals surface area contributed by atoms with Crippen molar-refractivity contribution in [3.05, 3.63) is 69.9 Å². The molecule has 1 N–H and O–H groups in total. The van der Waals surface area contributed by atoms with Gasteiger partial charge in [0.25, 0.3) is 0 Å². The highest BCUT2D eigenvalue weighted by Crippen LogP contribution is 2.18. The van der Waals surface area contributed by atoms with Gasteiger partial charge in [0, 0.05) is 29.2 Å². The highest BCUT2D eigenvalue weighted by Gasteiger charge is 2.13. The van der Waals surface area contributed by atoms with E-state index in [4.69, 9.17) is 0 Å². The Balaban J connectivity index is 1.97. The quantitative estimate of drug-likeness (QED) is 0.847. The molecular formula is C17H20BrFN2. The topological polar surface area (TPSA) is 15.3 Å². The minimum Gasteiger partial charge on any atom is -0.311 e. The maximum absolute atomic E-state index is 13.8. The van der Waals surface area contributed by atoms with E-state index in [1.165, 1.54) is 11.6 Å². The van der Waals surface area contributed by atoms with E-state index < -0.39 is 0 Å². The van der Waals surface area contributed by atoms with Crippen molar-refractivity contribution in [3.8, 4) is 0 Å². The average molecular weight is 351 g/mol. The van der Waals surface area contributed by atoms with E-state index in [-0.39, 0.29) is 11.9 Å². The maximum atomic E-state index is 13.8. The van der Waals surface area contributed by atoms with Gasteiger partial charge in [-0.2, -0.15) is 0 Å². The zero-order valence-electron chi connectivity index (χ0n) is 12.3. The van der Waals surface area contributed by atoms with Crippen molar-refractivity contribution in [2.75, 3.05) is 20.6 Å². The molecule has 0 heterocycles. The molecule has 0 aliphatic rings. The lowest BCUT2D eigenvalue weighted by Gasteiger charge is -2.25. The van der Waals surface area contributed by atoms with E-state index in [0.717, 1.165) is 11.0 Å². The molecule has 0 bridgehead atoms. The lowest BCUT2D eigenvalue weighted by atomic mass is 10.1. The molecule has 0 fully saturated rings. The summed E-state index contributed by atoms with van der Waals surface area (Å²) in [5, 5.41) is 3.34. The third kappa shape index (κ3) is 4.63. The van der Waals surface area contributed by atoms with Crippen LogP contribution in [0.15, 0.2) is 53.0 Å². The molecule has 0 saturated carbocycles. The average Bonchev–Trinajstić information content (AvgIpc) is 2.46. The molecule has 1 unspecified atom stereocenters. The summed E-state index contributed by atoms with van der Waals surface area (Å²) in [6.07, 6.45) is 0. The van der Waals surface area contributed by atoms with Gasteiger partial charge in [-0.15, -0.1) is 0 Å². The molecule has 2 aromatic rings. The fraction of sp³-hybridized carbons (Fsp3) is 0.294. The zero-order chi connectivity index (χ0) is 15.2. The van der Waals surface area contributed by atoms with E-state index in [1.807, 2.05) is 24.3 Å². The summed E-state index contributed by atoms with van der Waals surface area (Å²) in [5.74, 6) is -0.182. The fourth-order valence-electron chi connectivity index (χ4n) is 2.28. The summed E-state index contributed by atoms with van der Waals surface area (Å²) >= 11 is 3.27. The van der Waals surface area contributed by atoms with Gasteiger partial charge in [-0.25, -0.2) is 4.39 Å². The molecule has 0 aliphatic heterocycles. The van der Waals surface area contributed by atoms with Crippen LogP contribution in [0.3, 0.4) is 0 Å². The summed E-state index contributed by atoms with van der Waals surface area (Å²) in [6, 6.07) is 15.8. The van der Waals surface area contributed by atoms with Crippen molar-refractivity contribution in [2.45, 2.75) is 12.6 Å². The summed E-state index contributed by atoms with van der Waals surface area (Å²) in [6.45, 7) is 1.29. The van der Waals surface area contributed by atoms with E-state index in [1.54, 1.807) is 6.07 Å². The molecule has 0 spiro atoms. The smallest absolute Gasteiger partial charge is 0.128 e. The second-order valence-corrected chi connectivity index (χ2v) is 6.17. The Labute approximate surface area is 134 Å². The third-order valence-electron chi connectivity index (χ3n) is 3.48. The Hall–Kier alpha value is -1.23. The minimum absolute atomic E-state index is 0.182. The maximum Gasteiger partial charge on any atom is 0.128 e. The lowest BCUT2D eigenvalue weighted by Crippen LogP contribution is -2.31. The van der Waals surface area contributed by atoms with Crippen molar-refractivity contribution in [2.24, 2.45) is 0 Å². The van der Waals surface area contributed by atoms with Crippen molar-refractivity contribution < 1.29 is 4.39 Å². The standard InChI is InChI=1S/C17H20BrFN2/c1-21(2)17(13-6-4-3-5-7-13)12-20-11-14-8-9-15(18)10-16(14)19/h3-10,17,20H,11-12H2,1-2H3. The predicted molar refractivity (Wildman–Crippen MR) is 88.7 cm³/mol. The first-order chi connectivity index (χ1) is 10.1. The fourth-order valence-corrected chi connectivity index (χ4v) is 2.62. The van der Waals surface area contributed by atoms with Crippen LogP contribution in [0.2, 0.25) is 0 Å². The first-order valence-corrected chi connectivity index (χ1v) is 7.73. The van der Waals surface area contributed by atoms with E-state index >= 15 is 0 Å². The molecule has 2 rings (SSSR count). The van der Waals surface area contributed by atoms with Gasteiger partial charge < -0.3 is 10.2 Å². The molecular weight excluding hydrogens is 331 g/mol. The lowest BCUT2D eigenvalue weighted by molar-refractivity contribution is 0.288. The van der Waals surface area contributed by atoms with Crippen LogP contribution in [0.25, 0.3) is 0 Å². The van der Waals surface area contributed by atoms with E-state index in [9.17, 15) is 4.39 Å². The molecule has 1 atom stereocenters. The summed E-state index contributed by atoms with van der Waals surface area (Å²) < 4.78 is 14.5. The molecule has 4 heteroatoms. The van der Waals surface area contributed by atoms with E-state index in [2.05, 4.69) is 52.4 Å². The molecule has 0 aliphatic carbocycles. The number of nitrogens with one attached hydrogen (secondary N) is 1. The van der Waals surface area contributed by atoms with Crippen molar-refractivity contribution in [1.29, 1.82) is 0 Å². The second kappa shape index (κ2) is 7.69. The van der Waals surface area contributed by atoms with Gasteiger partial charge in [-0.05, 0) is 31.8 Å². The number of nitrogens with zero attached hydrogens (tertiary/aromatic N) is 1. The number of hydrogen-bond donors (Lipinski definition) is 1. The number of rotatable bonds is 6. The van der Waals surface area contributed by atoms with E-state index in [0.29, 0.717) is 12.1 Å². The third-order valence-corrected chi connectivity index (χ3v) is 3.97. The normalized spacial score (nSPS) is 12.6. The molecule has 2 aromatic carbocycles. The van der Waals surface area contributed by atoms with Crippen LogP contribution < -0.4 is 5.32 Å².